The third kappa shape index (κ3) is 7.00. The zero-order chi connectivity index (χ0) is 16.5. The SMILES string of the molecule is COCCNCC(=O)Nc1ccc(Oc2cccc(C)c2)cc1.Cl. The molecular formula is C18H23ClN2O3. The fourth-order valence-electron chi connectivity index (χ4n) is 2.00. The van der Waals surface area contributed by atoms with Crippen molar-refractivity contribution in [2.75, 3.05) is 32.1 Å². The Bertz CT molecular complexity index is 632. The van der Waals surface area contributed by atoms with Crippen molar-refractivity contribution in [1.29, 1.82) is 0 Å². The predicted octanol–water partition coefficient (Wildman–Crippen LogP) is 3.38. The van der Waals surface area contributed by atoms with Gasteiger partial charge in [-0.2, -0.15) is 0 Å². The number of nitrogens with one attached hydrogen (secondary N) is 2. The van der Waals surface area contributed by atoms with Gasteiger partial charge in [-0.1, -0.05) is 12.1 Å². The molecular weight excluding hydrogens is 328 g/mol. The van der Waals surface area contributed by atoms with Crippen molar-refractivity contribution in [2.24, 2.45) is 0 Å². The normalized spacial score (nSPS) is 9.92. The first-order chi connectivity index (χ1) is 11.2. The Morgan fingerprint density at radius 1 is 1.08 bits per heavy atom. The van der Waals surface area contributed by atoms with Gasteiger partial charge in [0.15, 0.2) is 0 Å². The number of amides is 1. The van der Waals surface area contributed by atoms with Gasteiger partial charge in [-0.05, 0) is 48.9 Å². The Kier molecular flexibility index (Phi) is 8.86. The summed E-state index contributed by atoms with van der Waals surface area (Å²) in [6, 6.07) is 15.2. The number of carbonyl (C=O) groups is 1. The van der Waals surface area contributed by atoms with Gasteiger partial charge in [0.05, 0.1) is 13.2 Å². The first-order valence-corrected chi connectivity index (χ1v) is 7.51. The molecule has 2 aromatic carbocycles. The van der Waals surface area contributed by atoms with Gasteiger partial charge in [-0.25, -0.2) is 0 Å². The van der Waals surface area contributed by atoms with Crippen LogP contribution >= 0.6 is 12.4 Å². The lowest BCUT2D eigenvalue weighted by Crippen LogP contribution is -2.30. The summed E-state index contributed by atoms with van der Waals surface area (Å²) in [5.74, 6) is 1.43. The maximum Gasteiger partial charge on any atom is 0.238 e. The zero-order valence-corrected chi connectivity index (χ0v) is 14.7. The second-order valence-corrected chi connectivity index (χ2v) is 5.16. The number of methoxy groups -OCH3 is 1. The van der Waals surface area contributed by atoms with Crippen LogP contribution in [0.25, 0.3) is 0 Å². The number of anilines is 1. The molecule has 6 heteroatoms. The zero-order valence-electron chi connectivity index (χ0n) is 13.9. The second kappa shape index (κ2) is 10.6. The van der Waals surface area contributed by atoms with E-state index in [0.29, 0.717) is 13.2 Å². The van der Waals surface area contributed by atoms with Crippen molar-refractivity contribution in [3.63, 3.8) is 0 Å². The Morgan fingerprint density at radius 2 is 1.83 bits per heavy atom. The first kappa shape index (κ1) is 20.0. The predicted molar refractivity (Wildman–Crippen MR) is 98.3 cm³/mol. The summed E-state index contributed by atoms with van der Waals surface area (Å²) in [5.41, 5.74) is 1.88. The summed E-state index contributed by atoms with van der Waals surface area (Å²) < 4.78 is 10.7. The van der Waals surface area contributed by atoms with Crippen LogP contribution in [0.5, 0.6) is 11.5 Å². The first-order valence-electron chi connectivity index (χ1n) is 7.51. The van der Waals surface area contributed by atoms with E-state index in [9.17, 15) is 4.79 Å². The van der Waals surface area contributed by atoms with Crippen LogP contribution in [0.15, 0.2) is 48.5 Å². The highest BCUT2D eigenvalue weighted by Gasteiger charge is 2.03. The number of rotatable bonds is 8. The Hall–Kier alpha value is -2.08. The van der Waals surface area contributed by atoms with Crippen LogP contribution in [0.4, 0.5) is 5.69 Å². The molecule has 2 N–H and O–H groups in total. The van der Waals surface area contributed by atoms with Gasteiger partial charge >= 0.3 is 0 Å². The van der Waals surface area contributed by atoms with Crippen LogP contribution in [-0.4, -0.2) is 32.7 Å². The summed E-state index contributed by atoms with van der Waals surface area (Å²) in [6.45, 7) is 3.50. The van der Waals surface area contributed by atoms with E-state index in [2.05, 4.69) is 10.6 Å². The highest BCUT2D eigenvalue weighted by Crippen LogP contribution is 2.23. The maximum atomic E-state index is 11.7. The van der Waals surface area contributed by atoms with Crippen LogP contribution in [-0.2, 0) is 9.53 Å². The third-order valence-corrected chi connectivity index (χ3v) is 3.13. The van der Waals surface area contributed by atoms with Gasteiger partial charge in [0, 0.05) is 19.3 Å². The molecule has 1 amide bonds. The molecule has 0 radical (unpaired) electrons. The smallest absolute Gasteiger partial charge is 0.238 e. The summed E-state index contributed by atoms with van der Waals surface area (Å²) in [4.78, 5) is 11.7. The highest BCUT2D eigenvalue weighted by molar-refractivity contribution is 5.92. The standard InChI is InChI=1S/C18H22N2O3.ClH/c1-14-4-3-5-17(12-14)23-16-8-6-15(7-9-16)20-18(21)13-19-10-11-22-2;/h3-9,12,19H,10-11,13H2,1-2H3,(H,20,21);1H. The molecule has 0 saturated carbocycles. The summed E-state index contributed by atoms with van der Waals surface area (Å²) in [6.07, 6.45) is 0. The van der Waals surface area contributed by atoms with Crippen LogP contribution < -0.4 is 15.4 Å². The minimum absolute atomic E-state index is 0. The third-order valence-electron chi connectivity index (χ3n) is 3.13. The lowest BCUT2D eigenvalue weighted by Gasteiger charge is -2.09. The second-order valence-electron chi connectivity index (χ2n) is 5.16. The van der Waals surface area contributed by atoms with E-state index in [-0.39, 0.29) is 24.9 Å². The number of ether oxygens (including phenoxy) is 2. The molecule has 5 nitrogen and oxygen atoms in total. The number of hydrogen-bond donors (Lipinski definition) is 2. The van der Waals surface area contributed by atoms with Crippen molar-refractivity contribution >= 4 is 24.0 Å². The van der Waals surface area contributed by atoms with Gasteiger partial charge < -0.3 is 20.1 Å². The molecule has 0 aliphatic carbocycles. The molecule has 2 rings (SSSR count). The fraction of sp³-hybridized carbons (Fsp3) is 0.278. The number of benzene rings is 2. The lowest BCUT2D eigenvalue weighted by molar-refractivity contribution is -0.115. The summed E-state index contributed by atoms with van der Waals surface area (Å²) in [5, 5.41) is 5.82. The summed E-state index contributed by atoms with van der Waals surface area (Å²) in [7, 11) is 1.63. The average molecular weight is 351 g/mol. The van der Waals surface area contributed by atoms with Gasteiger partial charge in [-0.15, -0.1) is 12.4 Å². The molecule has 0 aliphatic heterocycles. The van der Waals surface area contributed by atoms with E-state index in [0.717, 1.165) is 22.7 Å². The molecule has 2 aromatic rings. The van der Waals surface area contributed by atoms with Gasteiger partial charge in [0.1, 0.15) is 11.5 Å². The van der Waals surface area contributed by atoms with Gasteiger partial charge in [-0.3, -0.25) is 4.79 Å². The van der Waals surface area contributed by atoms with Crippen LogP contribution in [0, 0.1) is 6.92 Å². The Labute approximate surface area is 148 Å². The minimum atomic E-state index is -0.0894. The van der Waals surface area contributed by atoms with Crippen LogP contribution in [0.1, 0.15) is 5.56 Å². The van der Waals surface area contributed by atoms with E-state index in [1.54, 1.807) is 7.11 Å². The molecule has 0 fully saturated rings. The molecule has 0 atom stereocenters. The molecule has 130 valence electrons. The van der Waals surface area contributed by atoms with Crippen LogP contribution in [0.2, 0.25) is 0 Å². The van der Waals surface area contributed by atoms with Gasteiger partial charge in [0.2, 0.25) is 5.91 Å². The topological polar surface area (TPSA) is 59.6 Å². The quantitative estimate of drug-likeness (QED) is 0.716. The Morgan fingerprint density at radius 3 is 2.50 bits per heavy atom. The molecule has 0 spiro atoms. The van der Waals surface area contributed by atoms with Crippen molar-refractivity contribution in [1.82, 2.24) is 5.32 Å². The number of halogens is 1. The largest absolute Gasteiger partial charge is 0.457 e. The number of aryl methyl sites for hydroxylation is 1. The molecule has 0 aliphatic rings. The van der Waals surface area contributed by atoms with E-state index in [4.69, 9.17) is 9.47 Å². The van der Waals surface area contributed by atoms with E-state index in [1.807, 2.05) is 55.5 Å². The van der Waals surface area contributed by atoms with Crippen LogP contribution in [0.3, 0.4) is 0 Å². The molecule has 0 heterocycles. The van der Waals surface area contributed by atoms with E-state index in [1.165, 1.54) is 0 Å². The number of carbonyl (C=O) groups excluding carboxylic acids is 1. The molecule has 0 saturated heterocycles. The van der Waals surface area contributed by atoms with E-state index >= 15 is 0 Å². The Balaban J connectivity index is 0.00000288. The number of hydrogen-bond acceptors (Lipinski definition) is 4. The minimum Gasteiger partial charge on any atom is -0.457 e. The fourth-order valence-corrected chi connectivity index (χ4v) is 2.00. The van der Waals surface area contributed by atoms with Crippen molar-refractivity contribution < 1.29 is 14.3 Å². The maximum absolute atomic E-state index is 11.7. The van der Waals surface area contributed by atoms with Crippen molar-refractivity contribution in [3.05, 3.63) is 54.1 Å². The molecule has 0 unspecified atom stereocenters. The lowest BCUT2D eigenvalue weighted by atomic mass is 10.2. The summed E-state index contributed by atoms with van der Waals surface area (Å²) >= 11 is 0. The highest BCUT2D eigenvalue weighted by atomic mass is 35.5. The van der Waals surface area contributed by atoms with Gasteiger partial charge in [0.25, 0.3) is 0 Å². The molecule has 24 heavy (non-hydrogen) atoms. The van der Waals surface area contributed by atoms with Crippen molar-refractivity contribution in [3.8, 4) is 11.5 Å². The monoisotopic (exact) mass is 350 g/mol. The van der Waals surface area contributed by atoms with Crippen molar-refractivity contribution in [2.45, 2.75) is 6.92 Å². The van der Waals surface area contributed by atoms with E-state index < -0.39 is 0 Å². The molecule has 0 bridgehead atoms. The average Bonchev–Trinajstić information content (AvgIpc) is 2.54. The molecule has 0 aromatic heterocycles.